The fourth-order valence-corrected chi connectivity index (χ4v) is 2.36. The number of carbonyl (C=O) groups excluding carboxylic acids is 2. The van der Waals surface area contributed by atoms with Crippen LogP contribution in [0.25, 0.3) is 6.08 Å². The normalized spacial score (nSPS) is 10.8. The Morgan fingerprint density at radius 3 is 2.50 bits per heavy atom. The Hall–Kier alpha value is -3.72. The van der Waals surface area contributed by atoms with Crippen molar-refractivity contribution in [2.45, 2.75) is 0 Å². The molecule has 0 radical (unpaired) electrons. The van der Waals surface area contributed by atoms with Crippen molar-refractivity contribution < 1.29 is 24.4 Å². The van der Waals surface area contributed by atoms with Gasteiger partial charge in [0, 0.05) is 12.1 Å². The van der Waals surface area contributed by atoms with Crippen LogP contribution in [0.2, 0.25) is 5.02 Å². The van der Waals surface area contributed by atoms with Crippen LogP contribution in [-0.4, -0.2) is 34.4 Å². The molecule has 2 rings (SSSR count). The number of rotatable bonds is 7. The third-order valence-corrected chi connectivity index (χ3v) is 3.73. The first-order chi connectivity index (χ1) is 13.3. The second-order valence-electron chi connectivity index (χ2n) is 5.42. The van der Waals surface area contributed by atoms with Crippen molar-refractivity contribution in [3.05, 3.63) is 80.5 Å². The molecule has 0 aliphatic carbocycles. The van der Waals surface area contributed by atoms with Crippen LogP contribution in [0.15, 0.2) is 54.2 Å². The number of non-ortho nitro benzene ring substituents is 1. The highest BCUT2D eigenvalue weighted by Gasteiger charge is 2.17. The van der Waals surface area contributed by atoms with Gasteiger partial charge in [-0.15, -0.1) is 0 Å². The zero-order valence-corrected chi connectivity index (χ0v) is 15.0. The molecule has 0 unspecified atom stereocenters. The van der Waals surface area contributed by atoms with Gasteiger partial charge in [0.1, 0.15) is 12.2 Å². The van der Waals surface area contributed by atoms with Crippen LogP contribution in [0.3, 0.4) is 0 Å². The Morgan fingerprint density at radius 2 is 1.86 bits per heavy atom. The molecule has 0 saturated heterocycles. The Bertz CT molecular complexity index is 973. The van der Waals surface area contributed by atoms with Crippen molar-refractivity contribution in [1.82, 2.24) is 10.6 Å². The van der Waals surface area contributed by atoms with E-state index in [0.717, 1.165) is 0 Å². The number of halogens is 1. The number of nitro benzene ring substituents is 1. The zero-order valence-electron chi connectivity index (χ0n) is 14.2. The predicted molar refractivity (Wildman–Crippen MR) is 101 cm³/mol. The second-order valence-corrected chi connectivity index (χ2v) is 5.83. The smallest absolute Gasteiger partial charge is 0.322 e. The van der Waals surface area contributed by atoms with E-state index in [0.29, 0.717) is 0 Å². The molecule has 28 heavy (non-hydrogen) atoms. The van der Waals surface area contributed by atoms with E-state index in [4.69, 9.17) is 16.7 Å². The number of carboxylic acid groups (broad SMARTS) is 1. The van der Waals surface area contributed by atoms with E-state index in [9.17, 15) is 24.5 Å². The molecule has 0 aliphatic rings. The van der Waals surface area contributed by atoms with E-state index in [1.54, 1.807) is 12.1 Å². The molecule has 0 aromatic heterocycles. The van der Waals surface area contributed by atoms with Gasteiger partial charge < -0.3 is 15.7 Å². The highest BCUT2D eigenvalue weighted by molar-refractivity contribution is 6.34. The molecule has 0 saturated carbocycles. The number of amides is 2. The summed E-state index contributed by atoms with van der Waals surface area (Å²) in [6.45, 7) is -0.674. The number of carbonyl (C=O) groups is 3. The first kappa shape index (κ1) is 20.6. The summed E-state index contributed by atoms with van der Waals surface area (Å²) < 4.78 is 0. The van der Waals surface area contributed by atoms with Crippen LogP contribution in [0.1, 0.15) is 15.9 Å². The molecule has 0 heterocycles. The van der Waals surface area contributed by atoms with Gasteiger partial charge in [0.25, 0.3) is 17.5 Å². The summed E-state index contributed by atoms with van der Waals surface area (Å²) >= 11 is 5.97. The maximum Gasteiger partial charge on any atom is 0.322 e. The number of aliphatic carboxylic acids is 1. The van der Waals surface area contributed by atoms with Crippen molar-refractivity contribution in [3.63, 3.8) is 0 Å². The van der Waals surface area contributed by atoms with Crippen LogP contribution < -0.4 is 10.6 Å². The largest absolute Gasteiger partial charge is 0.480 e. The summed E-state index contributed by atoms with van der Waals surface area (Å²) in [6, 6.07) is 11.5. The third-order valence-electron chi connectivity index (χ3n) is 3.40. The van der Waals surface area contributed by atoms with Crippen LogP contribution in [-0.2, 0) is 9.59 Å². The van der Waals surface area contributed by atoms with Gasteiger partial charge in [-0.2, -0.15) is 0 Å². The summed E-state index contributed by atoms with van der Waals surface area (Å²) in [7, 11) is 0. The Balaban J connectivity index is 2.36. The van der Waals surface area contributed by atoms with E-state index in [-0.39, 0.29) is 27.5 Å². The van der Waals surface area contributed by atoms with E-state index in [2.05, 4.69) is 10.6 Å². The van der Waals surface area contributed by atoms with Gasteiger partial charge in [0.05, 0.1) is 15.5 Å². The molecule has 0 fully saturated rings. The number of hydrogen-bond donors (Lipinski definition) is 3. The number of hydrogen-bond acceptors (Lipinski definition) is 5. The minimum Gasteiger partial charge on any atom is -0.480 e. The Labute approximate surface area is 163 Å². The van der Waals surface area contributed by atoms with Crippen LogP contribution in [0.4, 0.5) is 5.69 Å². The minimum atomic E-state index is -1.28. The molecule has 0 aliphatic heterocycles. The summed E-state index contributed by atoms with van der Waals surface area (Å²) in [5.74, 6) is -2.86. The molecule has 144 valence electrons. The molecular weight excluding hydrogens is 390 g/mol. The molecule has 3 N–H and O–H groups in total. The number of carboxylic acids is 1. The van der Waals surface area contributed by atoms with Gasteiger partial charge in [-0.05, 0) is 23.8 Å². The fraction of sp³-hybridized carbons (Fsp3) is 0.0556. The molecule has 2 aromatic rings. The lowest BCUT2D eigenvalue weighted by molar-refractivity contribution is -0.384. The monoisotopic (exact) mass is 403 g/mol. The molecular formula is C18H14ClN3O6. The fourth-order valence-electron chi connectivity index (χ4n) is 2.14. The van der Waals surface area contributed by atoms with Crippen LogP contribution in [0.5, 0.6) is 0 Å². The van der Waals surface area contributed by atoms with E-state index in [1.165, 1.54) is 42.5 Å². The summed E-state index contributed by atoms with van der Waals surface area (Å²) in [4.78, 5) is 45.7. The van der Waals surface area contributed by atoms with Crippen molar-refractivity contribution >= 4 is 41.1 Å². The summed E-state index contributed by atoms with van der Waals surface area (Å²) in [6.07, 6.45) is 1.19. The quantitative estimate of drug-likeness (QED) is 0.368. The van der Waals surface area contributed by atoms with Crippen molar-refractivity contribution in [1.29, 1.82) is 0 Å². The molecule has 10 heteroatoms. The van der Waals surface area contributed by atoms with Crippen molar-refractivity contribution in [2.24, 2.45) is 0 Å². The molecule has 0 spiro atoms. The average molecular weight is 404 g/mol. The first-order valence-corrected chi connectivity index (χ1v) is 8.17. The maximum atomic E-state index is 12.4. The van der Waals surface area contributed by atoms with Crippen molar-refractivity contribution in [2.75, 3.05) is 6.54 Å². The lowest BCUT2D eigenvalue weighted by Gasteiger charge is -2.11. The number of nitrogens with one attached hydrogen (secondary N) is 2. The number of benzene rings is 2. The van der Waals surface area contributed by atoms with Crippen LogP contribution in [0, 0.1) is 10.1 Å². The first-order valence-electron chi connectivity index (χ1n) is 7.80. The van der Waals surface area contributed by atoms with Gasteiger partial charge in [0.15, 0.2) is 0 Å². The number of nitro groups is 1. The second kappa shape index (κ2) is 9.28. The van der Waals surface area contributed by atoms with Gasteiger partial charge in [-0.25, -0.2) is 0 Å². The summed E-state index contributed by atoms with van der Waals surface area (Å²) in [5, 5.41) is 24.3. The highest BCUT2D eigenvalue weighted by atomic mass is 35.5. The van der Waals surface area contributed by atoms with Gasteiger partial charge in [-0.3, -0.25) is 24.5 Å². The highest BCUT2D eigenvalue weighted by Crippen LogP contribution is 2.17. The van der Waals surface area contributed by atoms with Gasteiger partial charge in [-0.1, -0.05) is 35.9 Å². The topological polar surface area (TPSA) is 139 Å². The summed E-state index contributed by atoms with van der Waals surface area (Å²) in [5.41, 5.74) is -0.155. The molecule has 9 nitrogen and oxygen atoms in total. The standard InChI is InChI=1S/C18H14ClN3O6/c19-14-7-2-1-6-13(14)17(25)21-15(18(26)20-10-16(23)24)9-11-4-3-5-12(8-11)22(27)28/h1-9H,10H2,(H,20,26)(H,21,25)(H,23,24)/b15-9-. The number of nitrogens with zero attached hydrogens (tertiary/aromatic N) is 1. The SMILES string of the molecule is O=C(O)CNC(=O)/C(=C/c1cccc([N+](=O)[O-])c1)NC(=O)c1ccccc1Cl. The Kier molecular flexibility index (Phi) is 6.83. The van der Waals surface area contributed by atoms with E-state index >= 15 is 0 Å². The molecule has 2 aromatic carbocycles. The predicted octanol–water partition coefficient (Wildman–Crippen LogP) is 2.22. The minimum absolute atomic E-state index is 0.0974. The Morgan fingerprint density at radius 1 is 1.14 bits per heavy atom. The molecule has 0 atom stereocenters. The lowest BCUT2D eigenvalue weighted by atomic mass is 10.1. The average Bonchev–Trinajstić information content (AvgIpc) is 2.66. The lowest BCUT2D eigenvalue weighted by Crippen LogP contribution is -2.37. The van der Waals surface area contributed by atoms with E-state index < -0.39 is 29.3 Å². The maximum absolute atomic E-state index is 12.4. The zero-order chi connectivity index (χ0) is 20.7. The molecule has 2 amide bonds. The van der Waals surface area contributed by atoms with E-state index in [1.807, 2.05) is 0 Å². The van der Waals surface area contributed by atoms with Gasteiger partial charge >= 0.3 is 5.97 Å². The van der Waals surface area contributed by atoms with Crippen molar-refractivity contribution in [3.8, 4) is 0 Å². The van der Waals surface area contributed by atoms with Crippen LogP contribution >= 0.6 is 11.6 Å². The third kappa shape index (κ3) is 5.64. The van der Waals surface area contributed by atoms with Gasteiger partial charge in [0.2, 0.25) is 0 Å². The molecule has 0 bridgehead atoms.